The molecule has 0 atom stereocenters. The highest BCUT2D eigenvalue weighted by atomic mass is 35.5. The number of nitrogens with zero attached hydrogens (tertiary/aromatic N) is 1. The Morgan fingerprint density at radius 3 is 2.89 bits per heavy atom. The highest BCUT2D eigenvalue weighted by Crippen LogP contribution is 2.16. The second kappa shape index (κ2) is 6.07. The Balaban J connectivity index is 2.00. The van der Waals surface area contributed by atoms with Gasteiger partial charge in [0.2, 0.25) is 0 Å². The topological polar surface area (TPSA) is 44.4 Å². The number of benzene rings is 1. The molecule has 5 heteroatoms. The molecule has 0 saturated carbocycles. The van der Waals surface area contributed by atoms with Crippen LogP contribution in [0, 0.1) is 0 Å². The summed E-state index contributed by atoms with van der Waals surface area (Å²) in [5.41, 5.74) is 0.737. The van der Waals surface area contributed by atoms with E-state index in [4.69, 9.17) is 11.6 Å². The Bertz CT molecular complexity index is 420. The SMILES string of the molecule is CCCN(C(=O)Nc1cccc(Cl)c1)C1CNC1. The lowest BCUT2D eigenvalue weighted by Gasteiger charge is -2.38. The Morgan fingerprint density at radius 1 is 1.56 bits per heavy atom. The molecule has 0 radical (unpaired) electrons. The molecule has 1 aromatic rings. The van der Waals surface area contributed by atoms with Crippen LogP contribution in [0.2, 0.25) is 5.02 Å². The molecule has 0 aliphatic carbocycles. The van der Waals surface area contributed by atoms with Crippen LogP contribution in [0.5, 0.6) is 0 Å². The summed E-state index contributed by atoms with van der Waals surface area (Å²) < 4.78 is 0. The van der Waals surface area contributed by atoms with Gasteiger partial charge in [-0.15, -0.1) is 0 Å². The smallest absolute Gasteiger partial charge is 0.319 e. The van der Waals surface area contributed by atoms with E-state index in [9.17, 15) is 4.79 Å². The molecule has 0 bridgehead atoms. The second-order valence-corrected chi connectivity index (χ2v) is 4.88. The Hall–Kier alpha value is -1.26. The lowest BCUT2D eigenvalue weighted by Crippen LogP contribution is -2.59. The predicted molar refractivity (Wildman–Crippen MR) is 74.1 cm³/mol. The van der Waals surface area contributed by atoms with Gasteiger partial charge in [-0.25, -0.2) is 4.79 Å². The summed E-state index contributed by atoms with van der Waals surface area (Å²) in [4.78, 5) is 14.1. The molecule has 1 aliphatic rings. The minimum absolute atomic E-state index is 0.0504. The van der Waals surface area contributed by atoms with Crippen molar-refractivity contribution in [3.8, 4) is 0 Å². The highest BCUT2D eigenvalue weighted by Gasteiger charge is 2.27. The first-order valence-electron chi connectivity index (χ1n) is 6.24. The van der Waals surface area contributed by atoms with E-state index < -0.39 is 0 Å². The van der Waals surface area contributed by atoms with Crippen molar-refractivity contribution in [2.24, 2.45) is 0 Å². The summed E-state index contributed by atoms with van der Waals surface area (Å²) in [6.07, 6.45) is 0.958. The van der Waals surface area contributed by atoms with Gasteiger partial charge < -0.3 is 15.5 Å². The maximum atomic E-state index is 12.2. The molecule has 2 N–H and O–H groups in total. The van der Waals surface area contributed by atoms with Gasteiger partial charge >= 0.3 is 6.03 Å². The van der Waals surface area contributed by atoms with Crippen molar-refractivity contribution in [2.45, 2.75) is 19.4 Å². The maximum Gasteiger partial charge on any atom is 0.322 e. The van der Waals surface area contributed by atoms with Gasteiger partial charge in [-0.1, -0.05) is 24.6 Å². The van der Waals surface area contributed by atoms with Crippen molar-refractivity contribution in [2.75, 3.05) is 25.0 Å². The quantitative estimate of drug-likeness (QED) is 0.881. The largest absolute Gasteiger partial charge is 0.322 e. The number of amides is 2. The van der Waals surface area contributed by atoms with Crippen LogP contribution in [0.1, 0.15) is 13.3 Å². The van der Waals surface area contributed by atoms with Crippen molar-refractivity contribution in [1.29, 1.82) is 0 Å². The average molecular weight is 268 g/mol. The molecule has 1 aliphatic heterocycles. The van der Waals surface area contributed by atoms with Crippen LogP contribution < -0.4 is 10.6 Å². The zero-order valence-electron chi connectivity index (χ0n) is 10.4. The molecule has 1 saturated heterocycles. The standard InChI is InChI=1S/C13H18ClN3O/c1-2-6-17(12-8-15-9-12)13(18)16-11-5-3-4-10(14)7-11/h3-5,7,12,15H,2,6,8-9H2,1H3,(H,16,18). The summed E-state index contributed by atoms with van der Waals surface area (Å²) in [6, 6.07) is 7.47. The number of nitrogens with one attached hydrogen (secondary N) is 2. The average Bonchev–Trinajstić information content (AvgIpc) is 2.26. The fourth-order valence-electron chi connectivity index (χ4n) is 1.95. The van der Waals surface area contributed by atoms with Crippen LogP contribution in [0.4, 0.5) is 10.5 Å². The molecule has 98 valence electrons. The van der Waals surface area contributed by atoms with Crippen molar-refractivity contribution >= 4 is 23.3 Å². The minimum Gasteiger partial charge on any atom is -0.319 e. The molecule has 0 aromatic heterocycles. The van der Waals surface area contributed by atoms with Crippen LogP contribution in [-0.2, 0) is 0 Å². The number of carbonyl (C=O) groups is 1. The van der Waals surface area contributed by atoms with E-state index in [1.165, 1.54) is 0 Å². The number of rotatable bonds is 4. The third-order valence-corrected chi connectivity index (χ3v) is 3.24. The Kier molecular flexibility index (Phi) is 4.44. The van der Waals surface area contributed by atoms with Crippen molar-refractivity contribution in [3.63, 3.8) is 0 Å². The molecule has 2 rings (SSSR count). The van der Waals surface area contributed by atoms with Gasteiger partial charge in [-0.05, 0) is 24.6 Å². The minimum atomic E-state index is -0.0504. The summed E-state index contributed by atoms with van der Waals surface area (Å²) in [6.45, 7) is 4.61. The fraction of sp³-hybridized carbons (Fsp3) is 0.462. The summed E-state index contributed by atoms with van der Waals surface area (Å²) in [7, 11) is 0. The van der Waals surface area contributed by atoms with E-state index in [2.05, 4.69) is 17.6 Å². The number of carbonyl (C=O) groups excluding carboxylic acids is 1. The molecule has 0 unspecified atom stereocenters. The van der Waals surface area contributed by atoms with Crippen molar-refractivity contribution < 1.29 is 4.79 Å². The maximum absolute atomic E-state index is 12.2. The first-order valence-corrected chi connectivity index (χ1v) is 6.62. The first kappa shape index (κ1) is 13.2. The molecular weight excluding hydrogens is 250 g/mol. The van der Waals surface area contributed by atoms with E-state index in [1.807, 2.05) is 17.0 Å². The highest BCUT2D eigenvalue weighted by molar-refractivity contribution is 6.30. The van der Waals surface area contributed by atoms with Gasteiger partial charge in [0.1, 0.15) is 0 Å². The van der Waals surface area contributed by atoms with Gasteiger partial charge in [0.05, 0.1) is 6.04 Å². The van der Waals surface area contributed by atoms with E-state index in [1.54, 1.807) is 12.1 Å². The molecule has 1 fully saturated rings. The summed E-state index contributed by atoms with van der Waals surface area (Å²) in [5.74, 6) is 0. The Labute approximate surface area is 112 Å². The van der Waals surface area contributed by atoms with Gasteiger partial charge in [-0.3, -0.25) is 0 Å². The third-order valence-electron chi connectivity index (χ3n) is 3.00. The van der Waals surface area contributed by atoms with Crippen LogP contribution in [0.15, 0.2) is 24.3 Å². The number of hydrogen-bond acceptors (Lipinski definition) is 2. The van der Waals surface area contributed by atoms with Gasteiger partial charge in [0.15, 0.2) is 0 Å². The van der Waals surface area contributed by atoms with Gasteiger partial charge in [0.25, 0.3) is 0 Å². The van der Waals surface area contributed by atoms with Gasteiger partial charge in [-0.2, -0.15) is 0 Å². The lowest BCUT2D eigenvalue weighted by molar-refractivity contribution is 0.161. The van der Waals surface area contributed by atoms with Crippen LogP contribution in [0.3, 0.4) is 0 Å². The van der Waals surface area contributed by atoms with E-state index in [-0.39, 0.29) is 6.03 Å². The summed E-state index contributed by atoms with van der Waals surface area (Å²) in [5, 5.41) is 6.70. The van der Waals surface area contributed by atoms with Crippen LogP contribution in [-0.4, -0.2) is 36.6 Å². The number of hydrogen-bond donors (Lipinski definition) is 2. The number of urea groups is 1. The molecule has 4 nitrogen and oxygen atoms in total. The summed E-state index contributed by atoms with van der Waals surface area (Å²) >= 11 is 5.90. The van der Waals surface area contributed by atoms with Crippen LogP contribution in [0.25, 0.3) is 0 Å². The molecule has 18 heavy (non-hydrogen) atoms. The van der Waals surface area contributed by atoms with E-state index in [0.717, 1.165) is 31.7 Å². The molecule has 1 heterocycles. The Morgan fingerprint density at radius 2 is 2.33 bits per heavy atom. The second-order valence-electron chi connectivity index (χ2n) is 4.45. The third kappa shape index (κ3) is 3.15. The molecule has 1 aromatic carbocycles. The molecular formula is C13H18ClN3O. The van der Waals surface area contributed by atoms with Gasteiger partial charge in [0, 0.05) is 30.3 Å². The molecule has 0 spiro atoms. The zero-order valence-corrected chi connectivity index (χ0v) is 11.2. The van der Waals surface area contributed by atoms with E-state index in [0.29, 0.717) is 11.1 Å². The zero-order chi connectivity index (χ0) is 13.0. The van der Waals surface area contributed by atoms with E-state index >= 15 is 0 Å². The normalized spacial score (nSPS) is 15.0. The van der Waals surface area contributed by atoms with Crippen LogP contribution >= 0.6 is 11.6 Å². The first-order chi connectivity index (χ1) is 8.70. The van der Waals surface area contributed by atoms with Crippen molar-refractivity contribution in [3.05, 3.63) is 29.3 Å². The predicted octanol–water partition coefficient (Wildman–Crippen LogP) is 2.56. The lowest BCUT2D eigenvalue weighted by atomic mass is 10.1. The molecule has 2 amide bonds. The van der Waals surface area contributed by atoms with Crippen molar-refractivity contribution in [1.82, 2.24) is 10.2 Å². The number of anilines is 1. The monoisotopic (exact) mass is 267 g/mol. The number of halogens is 1. The fourth-order valence-corrected chi connectivity index (χ4v) is 2.14.